The third-order valence-corrected chi connectivity index (χ3v) is 10.1. The zero-order chi connectivity index (χ0) is 22.9. The SMILES string of the molecule is C=C1C[C@@]23CC[C@@H]4[C@](C)(C(=O)O)[C@@H](O)[C@H](O)[C@@H](OC(=O)[C@H](C)CC)[C@@]4(C)[C@@H]2CC[C@@H]1C3. The van der Waals surface area contributed by atoms with E-state index in [-0.39, 0.29) is 23.2 Å². The number of esters is 1. The zero-order valence-corrected chi connectivity index (χ0v) is 19.3. The summed E-state index contributed by atoms with van der Waals surface area (Å²) in [5, 5.41) is 32.5. The lowest BCUT2D eigenvalue weighted by Gasteiger charge is -2.66. The van der Waals surface area contributed by atoms with E-state index in [0.29, 0.717) is 18.8 Å². The molecular formula is C25H38O6. The van der Waals surface area contributed by atoms with E-state index < -0.39 is 41.0 Å². The summed E-state index contributed by atoms with van der Waals surface area (Å²) in [6.07, 6.45) is 2.18. The van der Waals surface area contributed by atoms with Gasteiger partial charge in [-0.1, -0.05) is 32.9 Å². The molecule has 0 radical (unpaired) electrons. The first-order chi connectivity index (χ1) is 14.4. The van der Waals surface area contributed by atoms with Gasteiger partial charge in [-0.05, 0) is 75.0 Å². The minimum Gasteiger partial charge on any atom is -0.481 e. The minimum absolute atomic E-state index is 0.0215. The summed E-state index contributed by atoms with van der Waals surface area (Å²) in [7, 11) is 0. The maximum Gasteiger partial charge on any atom is 0.312 e. The van der Waals surface area contributed by atoms with E-state index in [0.717, 1.165) is 32.1 Å². The molecule has 3 N–H and O–H groups in total. The van der Waals surface area contributed by atoms with Crippen LogP contribution in [0.2, 0.25) is 0 Å². The van der Waals surface area contributed by atoms with Crippen molar-refractivity contribution in [3.05, 3.63) is 12.2 Å². The summed E-state index contributed by atoms with van der Waals surface area (Å²) in [6.45, 7) is 11.6. The molecule has 6 nitrogen and oxygen atoms in total. The van der Waals surface area contributed by atoms with Crippen LogP contribution in [-0.2, 0) is 14.3 Å². The second-order valence-corrected chi connectivity index (χ2v) is 11.4. The molecule has 10 atom stereocenters. The Kier molecular flexibility index (Phi) is 5.37. The van der Waals surface area contributed by atoms with Crippen molar-refractivity contribution in [3.63, 3.8) is 0 Å². The predicted molar refractivity (Wildman–Crippen MR) is 115 cm³/mol. The van der Waals surface area contributed by atoms with Gasteiger partial charge in [0.1, 0.15) is 12.2 Å². The number of aliphatic hydroxyl groups excluding tert-OH is 2. The Hall–Kier alpha value is -1.40. The van der Waals surface area contributed by atoms with Crippen molar-refractivity contribution in [2.45, 2.75) is 91.0 Å². The van der Waals surface area contributed by atoms with Crippen LogP contribution >= 0.6 is 0 Å². The average molecular weight is 435 g/mol. The van der Waals surface area contributed by atoms with Crippen LogP contribution in [0.1, 0.15) is 72.6 Å². The van der Waals surface area contributed by atoms with Gasteiger partial charge < -0.3 is 20.1 Å². The van der Waals surface area contributed by atoms with Gasteiger partial charge >= 0.3 is 11.9 Å². The second-order valence-electron chi connectivity index (χ2n) is 11.4. The molecule has 0 unspecified atom stereocenters. The Bertz CT molecular complexity index is 793. The van der Waals surface area contributed by atoms with Crippen molar-refractivity contribution in [2.24, 2.45) is 39.9 Å². The van der Waals surface area contributed by atoms with Crippen molar-refractivity contribution < 1.29 is 29.6 Å². The molecule has 0 saturated heterocycles. The van der Waals surface area contributed by atoms with Crippen LogP contribution in [0.15, 0.2) is 12.2 Å². The van der Waals surface area contributed by atoms with Gasteiger partial charge in [0.2, 0.25) is 0 Å². The Balaban J connectivity index is 1.83. The maximum atomic E-state index is 12.8. The van der Waals surface area contributed by atoms with Crippen LogP contribution in [0.4, 0.5) is 0 Å². The van der Waals surface area contributed by atoms with Crippen LogP contribution in [0, 0.1) is 39.9 Å². The van der Waals surface area contributed by atoms with Crippen molar-refractivity contribution in [1.29, 1.82) is 0 Å². The second kappa shape index (κ2) is 7.31. The lowest BCUT2D eigenvalue weighted by molar-refractivity contribution is -0.278. The molecule has 0 aliphatic heterocycles. The first-order valence-electron chi connectivity index (χ1n) is 11.9. The van der Waals surface area contributed by atoms with Crippen LogP contribution < -0.4 is 0 Å². The summed E-state index contributed by atoms with van der Waals surface area (Å²) in [4.78, 5) is 25.3. The van der Waals surface area contributed by atoms with Crippen LogP contribution in [-0.4, -0.2) is 45.6 Å². The topological polar surface area (TPSA) is 104 Å². The van der Waals surface area contributed by atoms with E-state index in [1.165, 1.54) is 5.57 Å². The third-order valence-electron chi connectivity index (χ3n) is 10.1. The average Bonchev–Trinajstić information content (AvgIpc) is 2.96. The van der Waals surface area contributed by atoms with Gasteiger partial charge in [0.15, 0.2) is 0 Å². The lowest BCUT2D eigenvalue weighted by atomic mass is 9.39. The number of aliphatic carboxylic acids is 1. The number of aliphatic hydroxyl groups is 2. The monoisotopic (exact) mass is 434 g/mol. The Morgan fingerprint density at radius 1 is 1.19 bits per heavy atom. The fourth-order valence-electron chi connectivity index (χ4n) is 8.19. The number of carbonyl (C=O) groups excluding carboxylic acids is 1. The highest BCUT2D eigenvalue weighted by Crippen LogP contribution is 2.72. The third kappa shape index (κ3) is 2.90. The Morgan fingerprint density at radius 2 is 1.87 bits per heavy atom. The van der Waals surface area contributed by atoms with E-state index in [9.17, 15) is 24.9 Å². The van der Waals surface area contributed by atoms with E-state index in [1.807, 2.05) is 13.8 Å². The molecule has 0 aromatic rings. The summed E-state index contributed by atoms with van der Waals surface area (Å²) in [6, 6.07) is 0. The van der Waals surface area contributed by atoms with Crippen LogP contribution in [0.5, 0.6) is 0 Å². The van der Waals surface area contributed by atoms with Crippen molar-refractivity contribution in [3.8, 4) is 0 Å². The molecule has 0 heterocycles. The molecule has 4 saturated carbocycles. The summed E-state index contributed by atoms with van der Waals surface area (Å²) < 4.78 is 5.99. The first-order valence-corrected chi connectivity index (χ1v) is 11.9. The van der Waals surface area contributed by atoms with Crippen molar-refractivity contribution >= 4 is 11.9 Å². The molecule has 6 heteroatoms. The molecule has 174 valence electrons. The van der Waals surface area contributed by atoms with Gasteiger partial charge in [0, 0.05) is 5.41 Å². The Morgan fingerprint density at radius 3 is 2.48 bits per heavy atom. The highest BCUT2D eigenvalue weighted by Gasteiger charge is 2.73. The summed E-state index contributed by atoms with van der Waals surface area (Å²) >= 11 is 0. The highest BCUT2D eigenvalue weighted by molar-refractivity contribution is 5.76. The number of rotatable bonds is 4. The minimum atomic E-state index is -1.50. The molecule has 1 spiro atoms. The van der Waals surface area contributed by atoms with E-state index in [2.05, 4.69) is 6.58 Å². The van der Waals surface area contributed by atoms with Gasteiger partial charge in [0.05, 0.1) is 17.4 Å². The molecule has 31 heavy (non-hydrogen) atoms. The lowest BCUT2D eigenvalue weighted by Crippen LogP contribution is -2.72. The van der Waals surface area contributed by atoms with E-state index >= 15 is 0 Å². The Labute approximate surface area is 185 Å². The quantitative estimate of drug-likeness (QED) is 0.462. The largest absolute Gasteiger partial charge is 0.481 e. The molecule has 4 fully saturated rings. The van der Waals surface area contributed by atoms with Gasteiger partial charge in [-0.15, -0.1) is 0 Å². The van der Waals surface area contributed by atoms with Gasteiger partial charge in [-0.25, -0.2) is 0 Å². The highest BCUT2D eigenvalue weighted by atomic mass is 16.6. The first kappa shape index (κ1) is 22.8. The number of carbonyl (C=O) groups is 2. The van der Waals surface area contributed by atoms with Gasteiger partial charge in [-0.2, -0.15) is 0 Å². The smallest absolute Gasteiger partial charge is 0.312 e. The number of hydrogen-bond donors (Lipinski definition) is 3. The van der Waals surface area contributed by atoms with Crippen LogP contribution in [0.3, 0.4) is 0 Å². The molecule has 0 aromatic carbocycles. The zero-order valence-electron chi connectivity index (χ0n) is 19.3. The standard InChI is InChI=1S/C25H38O6/c1-6-13(2)21(28)31-20-18(26)19(27)24(5,22(29)30)16-9-10-25-11-14(3)15(12-25)7-8-17(25)23(16,20)4/h13,15-20,26-27H,3,6-12H2,1-2,4-5H3,(H,29,30)/t13-,15-,16+,17+,18+,19+,20-,23-,24+,25-/m1/s1. The van der Waals surface area contributed by atoms with Crippen molar-refractivity contribution in [2.75, 3.05) is 0 Å². The van der Waals surface area contributed by atoms with Crippen LogP contribution in [0.25, 0.3) is 0 Å². The number of carboxylic acid groups (broad SMARTS) is 1. The molecular weight excluding hydrogens is 396 g/mol. The number of hydrogen-bond acceptors (Lipinski definition) is 5. The molecule has 2 bridgehead atoms. The summed E-state index contributed by atoms with van der Waals surface area (Å²) in [5.74, 6) is -1.57. The number of allylic oxidation sites excluding steroid dienone is 1. The van der Waals surface area contributed by atoms with Gasteiger partial charge in [-0.3, -0.25) is 9.59 Å². The van der Waals surface area contributed by atoms with Crippen molar-refractivity contribution in [1.82, 2.24) is 0 Å². The molecule has 4 aliphatic carbocycles. The normalized spacial score (nSPS) is 49.7. The number of ether oxygens (including phenoxy) is 1. The predicted octanol–water partition coefficient (Wildman–Crippen LogP) is 3.55. The van der Waals surface area contributed by atoms with Gasteiger partial charge in [0.25, 0.3) is 0 Å². The number of carboxylic acids is 1. The van der Waals surface area contributed by atoms with E-state index in [1.54, 1.807) is 13.8 Å². The fraction of sp³-hybridized carbons (Fsp3) is 0.840. The molecule has 4 rings (SSSR count). The number of fused-ring (bicyclic) bond motifs is 3. The summed E-state index contributed by atoms with van der Waals surface area (Å²) in [5.41, 5.74) is -0.923. The fourth-order valence-corrected chi connectivity index (χ4v) is 8.19. The van der Waals surface area contributed by atoms with E-state index in [4.69, 9.17) is 4.74 Å². The molecule has 4 aliphatic rings. The molecule has 0 amide bonds. The molecule has 0 aromatic heterocycles. The maximum absolute atomic E-state index is 12.8.